The van der Waals surface area contributed by atoms with Crippen molar-refractivity contribution in [2.24, 2.45) is 0 Å². The number of nitrogens with one attached hydrogen (secondary N) is 1. The first-order chi connectivity index (χ1) is 9.96. The van der Waals surface area contributed by atoms with Gasteiger partial charge in [-0.3, -0.25) is 0 Å². The second-order valence-electron chi connectivity index (χ2n) is 4.53. The number of rotatable bonds is 6. The van der Waals surface area contributed by atoms with Gasteiger partial charge in [-0.05, 0) is 26.0 Å². The average molecular weight is 310 g/mol. The second-order valence-corrected chi connectivity index (χ2v) is 6.30. The van der Waals surface area contributed by atoms with Crippen molar-refractivity contribution in [3.05, 3.63) is 41.7 Å². The van der Waals surface area contributed by atoms with E-state index >= 15 is 0 Å². The summed E-state index contributed by atoms with van der Waals surface area (Å²) in [5.74, 6) is 0.589. The predicted molar refractivity (Wildman–Crippen MR) is 76.8 cm³/mol. The van der Waals surface area contributed by atoms with Crippen LogP contribution >= 0.6 is 0 Å². The molecule has 114 valence electrons. The third kappa shape index (κ3) is 3.66. The minimum absolute atomic E-state index is 0.0947. The smallest absolute Gasteiger partial charge is 0.242 e. The molecule has 0 unspecified atom stereocenters. The third-order valence-corrected chi connectivity index (χ3v) is 4.42. The minimum Gasteiger partial charge on any atom is -0.390 e. The lowest BCUT2D eigenvalue weighted by atomic mass is 10.4. The van der Waals surface area contributed by atoms with Gasteiger partial charge in [-0.25, -0.2) is 23.1 Å². The summed E-state index contributed by atoms with van der Waals surface area (Å²) < 4.78 is 28.7. The predicted octanol–water partition coefficient (Wildman–Crippen LogP) is 0.577. The summed E-state index contributed by atoms with van der Waals surface area (Å²) in [6.45, 7) is 4.11. The Bertz CT molecular complexity index is 703. The molecule has 2 rings (SSSR count). The molecule has 2 aromatic heterocycles. The van der Waals surface area contributed by atoms with Crippen LogP contribution in [0.15, 0.2) is 29.4 Å². The van der Waals surface area contributed by atoms with Gasteiger partial charge in [-0.1, -0.05) is 0 Å². The molecule has 0 radical (unpaired) electrons. The Balaban J connectivity index is 2.16. The molecule has 2 N–H and O–H groups in total. The lowest BCUT2D eigenvalue weighted by Crippen LogP contribution is -2.23. The van der Waals surface area contributed by atoms with Crippen LogP contribution in [0.2, 0.25) is 0 Å². The van der Waals surface area contributed by atoms with Crippen LogP contribution in [0.3, 0.4) is 0 Å². The summed E-state index contributed by atoms with van der Waals surface area (Å²) in [5.41, 5.74) is 1.17. The molecular weight excluding hydrogens is 292 g/mol. The van der Waals surface area contributed by atoms with Gasteiger partial charge in [-0.2, -0.15) is 0 Å². The lowest BCUT2D eigenvalue weighted by Gasteiger charge is -2.05. The quantitative estimate of drug-likeness (QED) is 0.813. The molecule has 0 saturated heterocycles. The van der Waals surface area contributed by atoms with Crippen LogP contribution in [0.25, 0.3) is 0 Å². The Kier molecular flexibility index (Phi) is 4.71. The summed E-state index contributed by atoms with van der Waals surface area (Å²) in [6.07, 6.45) is 3.10. The van der Waals surface area contributed by atoms with Crippen LogP contribution in [-0.4, -0.2) is 28.1 Å². The number of nitrogens with zero attached hydrogens (tertiary/aromatic N) is 3. The first-order valence-corrected chi connectivity index (χ1v) is 8.02. The highest BCUT2D eigenvalue weighted by atomic mass is 32.2. The molecule has 0 aliphatic carbocycles. The van der Waals surface area contributed by atoms with Crippen molar-refractivity contribution in [2.75, 3.05) is 0 Å². The van der Waals surface area contributed by atoms with Gasteiger partial charge in [0.05, 0.1) is 23.7 Å². The molecule has 21 heavy (non-hydrogen) atoms. The lowest BCUT2D eigenvalue weighted by molar-refractivity contribution is 0.271. The fourth-order valence-corrected chi connectivity index (χ4v) is 3.02. The number of aryl methyl sites for hydroxylation is 2. The minimum atomic E-state index is -3.64. The van der Waals surface area contributed by atoms with Crippen LogP contribution < -0.4 is 4.72 Å². The molecule has 0 aromatic carbocycles. The standard InChI is InChI=1S/C13H18N4O3S/c1-3-17-8-13(6-12(17)9-18)21(19,20)15-7-11-4-5-14-10(2)16-11/h4-6,8,15,18H,3,7,9H2,1-2H3. The fraction of sp³-hybridized carbons (Fsp3) is 0.385. The molecule has 0 fully saturated rings. The van der Waals surface area contributed by atoms with E-state index in [1.165, 1.54) is 12.3 Å². The normalized spacial score (nSPS) is 11.8. The zero-order valence-corrected chi connectivity index (χ0v) is 12.8. The monoisotopic (exact) mass is 310 g/mol. The van der Waals surface area contributed by atoms with E-state index in [4.69, 9.17) is 0 Å². The van der Waals surface area contributed by atoms with Crippen molar-refractivity contribution in [1.29, 1.82) is 0 Å². The maximum Gasteiger partial charge on any atom is 0.242 e. The van der Waals surface area contributed by atoms with E-state index in [2.05, 4.69) is 14.7 Å². The van der Waals surface area contributed by atoms with Gasteiger partial charge in [0.15, 0.2) is 0 Å². The van der Waals surface area contributed by atoms with Crippen molar-refractivity contribution < 1.29 is 13.5 Å². The fourth-order valence-electron chi connectivity index (χ4n) is 1.95. The van der Waals surface area contributed by atoms with Gasteiger partial charge >= 0.3 is 0 Å². The van der Waals surface area contributed by atoms with Gasteiger partial charge in [0.1, 0.15) is 5.82 Å². The molecule has 0 amide bonds. The summed E-state index contributed by atoms with van der Waals surface area (Å²) in [7, 11) is -3.64. The summed E-state index contributed by atoms with van der Waals surface area (Å²) in [4.78, 5) is 8.24. The molecule has 0 aliphatic rings. The largest absolute Gasteiger partial charge is 0.390 e. The average Bonchev–Trinajstić information content (AvgIpc) is 2.89. The third-order valence-electron chi connectivity index (χ3n) is 3.05. The Labute approximate surface area is 123 Å². The van der Waals surface area contributed by atoms with E-state index in [1.807, 2.05) is 6.92 Å². The van der Waals surface area contributed by atoms with E-state index in [1.54, 1.807) is 23.8 Å². The topological polar surface area (TPSA) is 97.1 Å². The van der Waals surface area contributed by atoms with Gasteiger partial charge < -0.3 is 9.67 Å². The van der Waals surface area contributed by atoms with Crippen LogP contribution in [0.4, 0.5) is 0 Å². The second kappa shape index (κ2) is 6.33. The highest BCUT2D eigenvalue weighted by Crippen LogP contribution is 2.15. The van der Waals surface area contributed by atoms with Gasteiger partial charge in [0.2, 0.25) is 10.0 Å². The summed E-state index contributed by atoms with van der Waals surface area (Å²) in [6, 6.07) is 3.13. The van der Waals surface area contributed by atoms with E-state index in [-0.39, 0.29) is 18.0 Å². The number of sulfonamides is 1. The molecule has 0 atom stereocenters. The molecule has 8 heteroatoms. The number of aliphatic hydroxyl groups is 1. The van der Waals surface area contributed by atoms with Crippen LogP contribution in [0.5, 0.6) is 0 Å². The Morgan fingerprint density at radius 2 is 2.19 bits per heavy atom. The SMILES string of the molecule is CCn1cc(S(=O)(=O)NCc2ccnc(C)n2)cc1CO. The molecule has 0 bridgehead atoms. The highest BCUT2D eigenvalue weighted by Gasteiger charge is 2.17. The first kappa shape index (κ1) is 15.6. The van der Waals surface area contributed by atoms with E-state index in [0.717, 1.165) is 0 Å². The van der Waals surface area contributed by atoms with Crippen LogP contribution in [0, 0.1) is 6.92 Å². The van der Waals surface area contributed by atoms with Crippen LogP contribution in [0.1, 0.15) is 24.1 Å². The molecular formula is C13H18N4O3S. The zero-order chi connectivity index (χ0) is 15.5. The molecule has 7 nitrogen and oxygen atoms in total. The molecule has 2 heterocycles. The van der Waals surface area contributed by atoms with Crippen molar-refractivity contribution >= 4 is 10.0 Å². The Hall–Kier alpha value is -1.77. The van der Waals surface area contributed by atoms with E-state index in [0.29, 0.717) is 23.8 Å². The highest BCUT2D eigenvalue weighted by molar-refractivity contribution is 7.89. The maximum atomic E-state index is 12.2. The van der Waals surface area contributed by atoms with Gasteiger partial charge in [-0.15, -0.1) is 0 Å². The maximum absolute atomic E-state index is 12.2. The Morgan fingerprint density at radius 3 is 2.76 bits per heavy atom. The molecule has 0 saturated carbocycles. The van der Waals surface area contributed by atoms with Crippen molar-refractivity contribution in [1.82, 2.24) is 19.3 Å². The summed E-state index contributed by atoms with van der Waals surface area (Å²) >= 11 is 0. The Morgan fingerprint density at radius 1 is 1.43 bits per heavy atom. The molecule has 0 aliphatic heterocycles. The number of aliphatic hydroxyl groups excluding tert-OH is 1. The number of hydrogen-bond acceptors (Lipinski definition) is 5. The van der Waals surface area contributed by atoms with E-state index < -0.39 is 10.0 Å². The van der Waals surface area contributed by atoms with Crippen molar-refractivity contribution in [3.63, 3.8) is 0 Å². The van der Waals surface area contributed by atoms with Crippen LogP contribution in [-0.2, 0) is 29.7 Å². The summed E-state index contributed by atoms with van der Waals surface area (Å²) in [5, 5.41) is 9.21. The van der Waals surface area contributed by atoms with Crippen molar-refractivity contribution in [3.8, 4) is 0 Å². The van der Waals surface area contributed by atoms with Gasteiger partial charge in [0, 0.05) is 24.6 Å². The molecule has 2 aromatic rings. The van der Waals surface area contributed by atoms with Crippen molar-refractivity contribution in [2.45, 2.75) is 38.4 Å². The molecule has 0 spiro atoms. The van der Waals surface area contributed by atoms with Gasteiger partial charge in [0.25, 0.3) is 0 Å². The van der Waals surface area contributed by atoms with E-state index in [9.17, 15) is 13.5 Å². The zero-order valence-electron chi connectivity index (χ0n) is 11.9. The first-order valence-electron chi connectivity index (χ1n) is 6.54. The number of aromatic nitrogens is 3. The number of hydrogen-bond donors (Lipinski definition) is 2.